The number of ether oxygens (including phenoxy) is 1. The summed E-state index contributed by atoms with van der Waals surface area (Å²) in [5.74, 6) is 0.0767. The van der Waals surface area contributed by atoms with E-state index < -0.39 is 0 Å². The maximum absolute atomic E-state index is 13.2. The molecule has 0 spiro atoms. The molecule has 3 aromatic rings. The molecule has 1 amide bonds. The normalized spacial score (nSPS) is 16.7. The molecule has 1 saturated heterocycles. The molecule has 1 aliphatic heterocycles. The van der Waals surface area contributed by atoms with E-state index in [1.54, 1.807) is 11.3 Å². The monoisotopic (exact) mass is 380 g/mol. The fourth-order valence-electron chi connectivity index (χ4n) is 3.44. The Bertz CT molecular complexity index is 927. The number of carbonyl (C=O) groups is 1. The molecule has 4 rings (SSSR count). The molecule has 1 aromatic heterocycles. The average molecular weight is 381 g/mol. The Labute approximate surface area is 163 Å². The van der Waals surface area contributed by atoms with Crippen molar-refractivity contribution in [1.82, 2.24) is 4.98 Å². The van der Waals surface area contributed by atoms with E-state index in [-0.39, 0.29) is 12.0 Å². The second-order valence-electron chi connectivity index (χ2n) is 7.20. The molecule has 0 unspecified atom stereocenters. The first-order valence-electron chi connectivity index (χ1n) is 9.44. The molecule has 0 N–H and O–H groups in total. The van der Waals surface area contributed by atoms with Crippen molar-refractivity contribution in [3.63, 3.8) is 0 Å². The summed E-state index contributed by atoms with van der Waals surface area (Å²) in [4.78, 5) is 19.8. The van der Waals surface area contributed by atoms with Gasteiger partial charge in [-0.25, -0.2) is 4.98 Å². The molecular weight excluding hydrogens is 356 g/mol. The fourth-order valence-corrected chi connectivity index (χ4v) is 4.43. The highest BCUT2D eigenvalue weighted by atomic mass is 32.1. The van der Waals surface area contributed by atoms with Crippen LogP contribution in [0.3, 0.4) is 0 Å². The van der Waals surface area contributed by atoms with E-state index in [4.69, 9.17) is 9.72 Å². The van der Waals surface area contributed by atoms with Crippen LogP contribution in [0.25, 0.3) is 10.2 Å². The molecule has 2 heterocycles. The van der Waals surface area contributed by atoms with Gasteiger partial charge in [0.1, 0.15) is 0 Å². The summed E-state index contributed by atoms with van der Waals surface area (Å²) in [7, 11) is 0. The molecule has 0 bridgehead atoms. The SMILES string of the molecule is Cc1ccc(CC(=O)N(C[C@H]2CCCO2)c2nc3ccccc3s2)cc1C. The number of aromatic nitrogens is 1. The number of nitrogens with zero attached hydrogens (tertiary/aromatic N) is 2. The Morgan fingerprint density at radius 1 is 1.22 bits per heavy atom. The summed E-state index contributed by atoms with van der Waals surface area (Å²) >= 11 is 1.57. The van der Waals surface area contributed by atoms with Crippen LogP contribution in [0.15, 0.2) is 42.5 Å². The summed E-state index contributed by atoms with van der Waals surface area (Å²) in [6.45, 7) is 5.53. The lowest BCUT2D eigenvalue weighted by atomic mass is 10.0. The van der Waals surface area contributed by atoms with Crippen LogP contribution in [0.4, 0.5) is 5.13 Å². The lowest BCUT2D eigenvalue weighted by Gasteiger charge is -2.23. The van der Waals surface area contributed by atoms with Gasteiger partial charge in [-0.3, -0.25) is 9.69 Å². The largest absolute Gasteiger partial charge is 0.376 e. The molecule has 0 aliphatic carbocycles. The number of aryl methyl sites for hydroxylation is 2. The minimum absolute atomic E-state index is 0.0767. The van der Waals surface area contributed by atoms with Crippen molar-refractivity contribution in [3.8, 4) is 0 Å². The van der Waals surface area contributed by atoms with Gasteiger partial charge in [-0.2, -0.15) is 0 Å². The highest BCUT2D eigenvalue weighted by Crippen LogP contribution is 2.30. The molecular formula is C22H24N2O2S. The Kier molecular flexibility index (Phi) is 5.23. The molecule has 2 aromatic carbocycles. The van der Waals surface area contributed by atoms with E-state index in [1.165, 1.54) is 11.1 Å². The molecule has 0 saturated carbocycles. The van der Waals surface area contributed by atoms with Crippen LogP contribution in [-0.2, 0) is 16.0 Å². The minimum Gasteiger partial charge on any atom is -0.376 e. The predicted octanol–water partition coefficient (Wildman–Crippen LogP) is 4.67. The molecule has 1 fully saturated rings. The van der Waals surface area contributed by atoms with Gasteiger partial charge in [0.05, 0.1) is 29.3 Å². The van der Waals surface area contributed by atoms with Crippen LogP contribution in [0, 0.1) is 13.8 Å². The van der Waals surface area contributed by atoms with E-state index in [9.17, 15) is 4.79 Å². The first kappa shape index (κ1) is 18.1. The molecule has 5 heteroatoms. The van der Waals surface area contributed by atoms with Crippen molar-refractivity contribution in [2.24, 2.45) is 0 Å². The van der Waals surface area contributed by atoms with Gasteiger partial charge >= 0.3 is 0 Å². The van der Waals surface area contributed by atoms with Crippen molar-refractivity contribution >= 4 is 32.6 Å². The Balaban J connectivity index is 1.61. The quantitative estimate of drug-likeness (QED) is 0.646. The van der Waals surface area contributed by atoms with Gasteiger partial charge in [0.2, 0.25) is 5.91 Å². The number of carbonyl (C=O) groups excluding carboxylic acids is 1. The number of amides is 1. The van der Waals surface area contributed by atoms with E-state index in [2.05, 4.69) is 32.0 Å². The van der Waals surface area contributed by atoms with Gasteiger partial charge < -0.3 is 4.74 Å². The molecule has 140 valence electrons. The fraction of sp³-hybridized carbons (Fsp3) is 0.364. The van der Waals surface area contributed by atoms with E-state index in [0.29, 0.717) is 13.0 Å². The van der Waals surface area contributed by atoms with E-state index in [0.717, 1.165) is 40.4 Å². The Morgan fingerprint density at radius 2 is 2.07 bits per heavy atom. The van der Waals surface area contributed by atoms with Crippen LogP contribution in [0.5, 0.6) is 0 Å². The van der Waals surface area contributed by atoms with Gasteiger partial charge in [-0.15, -0.1) is 0 Å². The average Bonchev–Trinajstić information content (AvgIpc) is 3.31. The molecule has 4 nitrogen and oxygen atoms in total. The van der Waals surface area contributed by atoms with Crippen LogP contribution in [0.2, 0.25) is 0 Å². The van der Waals surface area contributed by atoms with Crippen molar-refractivity contribution in [1.29, 1.82) is 0 Å². The molecule has 27 heavy (non-hydrogen) atoms. The second kappa shape index (κ2) is 7.79. The number of benzene rings is 2. The standard InChI is InChI=1S/C22H24N2O2S/c1-15-9-10-17(12-16(15)2)13-21(25)24(14-18-6-5-11-26-18)22-23-19-7-3-4-8-20(19)27-22/h3-4,7-10,12,18H,5-6,11,13-14H2,1-2H3/t18-/m1/s1. The van der Waals surface area contributed by atoms with Gasteiger partial charge in [0.25, 0.3) is 0 Å². The lowest BCUT2D eigenvalue weighted by Crippen LogP contribution is -2.38. The zero-order valence-electron chi connectivity index (χ0n) is 15.8. The zero-order chi connectivity index (χ0) is 18.8. The van der Waals surface area contributed by atoms with Gasteiger partial charge in [-0.05, 0) is 55.5 Å². The number of hydrogen-bond donors (Lipinski definition) is 0. The van der Waals surface area contributed by atoms with Gasteiger partial charge in [0.15, 0.2) is 5.13 Å². The van der Waals surface area contributed by atoms with Crippen molar-refractivity contribution < 1.29 is 9.53 Å². The number of fused-ring (bicyclic) bond motifs is 1. The van der Waals surface area contributed by atoms with Gasteiger partial charge in [-0.1, -0.05) is 41.7 Å². The van der Waals surface area contributed by atoms with Crippen molar-refractivity contribution in [2.75, 3.05) is 18.1 Å². The van der Waals surface area contributed by atoms with Gasteiger partial charge in [0, 0.05) is 6.61 Å². The Morgan fingerprint density at radius 3 is 2.81 bits per heavy atom. The Hall–Kier alpha value is -2.24. The topological polar surface area (TPSA) is 42.4 Å². The highest BCUT2D eigenvalue weighted by Gasteiger charge is 2.26. The zero-order valence-corrected chi connectivity index (χ0v) is 16.6. The number of rotatable bonds is 5. The van der Waals surface area contributed by atoms with Crippen LogP contribution in [-0.4, -0.2) is 30.1 Å². The summed E-state index contributed by atoms with van der Waals surface area (Å²) in [5.41, 5.74) is 4.44. The lowest BCUT2D eigenvalue weighted by molar-refractivity contribution is -0.118. The van der Waals surface area contributed by atoms with Crippen molar-refractivity contribution in [2.45, 2.75) is 39.2 Å². The summed E-state index contributed by atoms with van der Waals surface area (Å²) in [6.07, 6.45) is 2.53. The smallest absolute Gasteiger partial charge is 0.233 e. The van der Waals surface area contributed by atoms with E-state index in [1.807, 2.05) is 29.2 Å². The first-order valence-corrected chi connectivity index (χ1v) is 10.3. The molecule has 0 radical (unpaired) electrons. The number of anilines is 1. The minimum atomic E-state index is 0.0767. The number of para-hydroxylation sites is 1. The third kappa shape index (κ3) is 4.04. The van der Waals surface area contributed by atoms with Crippen molar-refractivity contribution in [3.05, 3.63) is 59.2 Å². The maximum Gasteiger partial charge on any atom is 0.233 e. The summed E-state index contributed by atoms with van der Waals surface area (Å²) in [5, 5.41) is 0.764. The third-order valence-corrected chi connectivity index (χ3v) is 6.21. The first-order chi connectivity index (χ1) is 13.1. The number of thiazole rings is 1. The van der Waals surface area contributed by atoms with Crippen LogP contribution in [0.1, 0.15) is 29.5 Å². The number of hydrogen-bond acceptors (Lipinski definition) is 4. The van der Waals surface area contributed by atoms with Crippen LogP contribution < -0.4 is 4.90 Å². The second-order valence-corrected chi connectivity index (χ2v) is 8.21. The maximum atomic E-state index is 13.2. The predicted molar refractivity (Wildman–Crippen MR) is 111 cm³/mol. The summed E-state index contributed by atoms with van der Waals surface area (Å²) in [6, 6.07) is 14.3. The van der Waals surface area contributed by atoms with E-state index >= 15 is 0 Å². The highest BCUT2D eigenvalue weighted by molar-refractivity contribution is 7.22. The summed E-state index contributed by atoms with van der Waals surface area (Å²) < 4.78 is 6.90. The third-order valence-electron chi connectivity index (χ3n) is 5.15. The van der Waals surface area contributed by atoms with Crippen LogP contribution >= 0.6 is 11.3 Å². The molecule has 1 atom stereocenters. The molecule has 1 aliphatic rings.